The number of aromatic amines is 1. The van der Waals surface area contributed by atoms with Crippen molar-refractivity contribution in [2.45, 2.75) is 12.6 Å². The molecule has 0 aliphatic carbocycles. The van der Waals surface area contributed by atoms with Gasteiger partial charge in [-0.25, -0.2) is 4.39 Å². The summed E-state index contributed by atoms with van der Waals surface area (Å²) in [4.78, 5) is 15.2. The summed E-state index contributed by atoms with van der Waals surface area (Å²) in [6, 6.07) is 21.4. The molecule has 1 aliphatic heterocycles. The van der Waals surface area contributed by atoms with Crippen LogP contribution in [0.15, 0.2) is 77.3 Å². The molecule has 1 aromatic heterocycles. The minimum Gasteiger partial charge on any atom is -0.497 e. The van der Waals surface area contributed by atoms with Crippen LogP contribution in [0, 0.1) is 5.82 Å². The normalized spacial score (nSPS) is 15.2. The summed E-state index contributed by atoms with van der Waals surface area (Å²) in [6.45, 7) is 0.348. The van der Waals surface area contributed by atoms with E-state index in [1.807, 2.05) is 48.5 Å². The number of carbonyl (C=O) groups is 1. The summed E-state index contributed by atoms with van der Waals surface area (Å²) in [7, 11) is 1.62. The number of hydrogen-bond acceptors (Lipinski definition) is 3. The number of hydrogen-bond donors (Lipinski definition) is 1. The second kappa shape index (κ2) is 8.24. The van der Waals surface area contributed by atoms with Gasteiger partial charge in [-0.05, 0) is 59.7 Å². The molecule has 1 aliphatic rings. The highest BCUT2D eigenvalue weighted by molar-refractivity contribution is 9.10. The number of H-pyrrole nitrogens is 1. The van der Waals surface area contributed by atoms with Crippen LogP contribution in [0.2, 0.25) is 0 Å². The molecule has 1 N–H and O–H groups in total. The molecule has 1 amide bonds. The van der Waals surface area contributed by atoms with Crippen LogP contribution in [0.4, 0.5) is 4.39 Å². The number of rotatable bonds is 5. The van der Waals surface area contributed by atoms with Gasteiger partial charge in [0.2, 0.25) is 0 Å². The maximum atomic E-state index is 13.4. The van der Waals surface area contributed by atoms with E-state index in [-0.39, 0.29) is 17.8 Å². The number of halogens is 2. The van der Waals surface area contributed by atoms with Crippen LogP contribution >= 0.6 is 15.9 Å². The minimum absolute atomic E-state index is 0.137. The zero-order valence-electron chi connectivity index (χ0n) is 17.2. The van der Waals surface area contributed by atoms with Crippen molar-refractivity contribution in [3.8, 4) is 17.0 Å². The monoisotopic (exact) mass is 491 g/mol. The average Bonchev–Trinajstić information content (AvgIpc) is 3.35. The lowest BCUT2D eigenvalue weighted by Gasteiger charge is -2.26. The molecule has 32 heavy (non-hydrogen) atoms. The van der Waals surface area contributed by atoms with Gasteiger partial charge in [0.25, 0.3) is 5.91 Å². The lowest BCUT2D eigenvalue weighted by molar-refractivity contribution is 0.0730. The molecular weight excluding hydrogens is 473 g/mol. The number of nitrogens with zero attached hydrogens (tertiary/aromatic N) is 2. The molecule has 0 saturated heterocycles. The average molecular weight is 492 g/mol. The maximum Gasteiger partial charge on any atom is 0.273 e. The number of ether oxygens (including phenoxy) is 1. The summed E-state index contributed by atoms with van der Waals surface area (Å²) in [5, 5.41) is 7.45. The van der Waals surface area contributed by atoms with Crippen molar-refractivity contribution in [2.24, 2.45) is 0 Å². The molecule has 5 rings (SSSR count). The molecule has 2 heterocycles. The topological polar surface area (TPSA) is 58.2 Å². The largest absolute Gasteiger partial charge is 0.497 e. The van der Waals surface area contributed by atoms with E-state index in [1.165, 1.54) is 12.1 Å². The summed E-state index contributed by atoms with van der Waals surface area (Å²) in [5.41, 5.74) is 4.74. The first-order valence-electron chi connectivity index (χ1n) is 10.1. The molecule has 160 valence electrons. The summed E-state index contributed by atoms with van der Waals surface area (Å²) < 4.78 is 19.6. The van der Waals surface area contributed by atoms with Crippen LogP contribution in [0.5, 0.6) is 5.75 Å². The smallest absolute Gasteiger partial charge is 0.273 e. The minimum atomic E-state index is -0.337. The third-order valence-electron chi connectivity index (χ3n) is 5.66. The molecule has 0 fully saturated rings. The van der Waals surface area contributed by atoms with Gasteiger partial charge < -0.3 is 9.64 Å². The van der Waals surface area contributed by atoms with Crippen LogP contribution in [0.3, 0.4) is 0 Å². The predicted molar refractivity (Wildman–Crippen MR) is 123 cm³/mol. The van der Waals surface area contributed by atoms with Crippen LogP contribution < -0.4 is 4.74 Å². The third kappa shape index (κ3) is 3.58. The Hall–Kier alpha value is -3.45. The Morgan fingerprint density at radius 1 is 1.09 bits per heavy atom. The fourth-order valence-corrected chi connectivity index (χ4v) is 4.56. The molecule has 0 saturated carbocycles. The Bertz CT molecular complexity index is 1290. The van der Waals surface area contributed by atoms with Gasteiger partial charge in [-0.15, -0.1) is 0 Å². The van der Waals surface area contributed by atoms with Crippen LogP contribution in [-0.4, -0.2) is 28.1 Å². The number of nitrogens with one attached hydrogen (secondary N) is 1. The molecule has 0 radical (unpaired) electrons. The first-order valence-corrected chi connectivity index (χ1v) is 10.9. The SMILES string of the molecule is COc1ccc(-c2n[nH]c3c2C(c2cccc(Br)c2)N(Cc2ccc(F)cc2)C3=O)cc1. The van der Waals surface area contributed by atoms with Crippen LogP contribution in [-0.2, 0) is 6.54 Å². The zero-order valence-corrected chi connectivity index (χ0v) is 18.8. The fraction of sp³-hybridized carbons (Fsp3) is 0.120. The second-order valence-corrected chi connectivity index (χ2v) is 8.52. The van der Waals surface area contributed by atoms with Gasteiger partial charge in [0.1, 0.15) is 17.3 Å². The van der Waals surface area contributed by atoms with E-state index in [0.29, 0.717) is 12.2 Å². The van der Waals surface area contributed by atoms with E-state index in [0.717, 1.165) is 38.2 Å². The van der Waals surface area contributed by atoms with E-state index >= 15 is 0 Å². The highest BCUT2D eigenvalue weighted by Gasteiger charge is 2.42. The number of amides is 1. The maximum absolute atomic E-state index is 13.4. The van der Waals surface area contributed by atoms with Gasteiger partial charge in [0.15, 0.2) is 0 Å². The number of benzene rings is 3. The molecule has 1 unspecified atom stereocenters. The Morgan fingerprint density at radius 2 is 1.84 bits per heavy atom. The molecular formula is C25H19BrFN3O2. The van der Waals surface area contributed by atoms with Gasteiger partial charge in [-0.2, -0.15) is 5.10 Å². The number of methoxy groups -OCH3 is 1. The fourth-order valence-electron chi connectivity index (χ4n) is 4.14. The van der Waals surface area contributed by atoms with E-state index in [9.17, 15) is 9.18 Å². The zero-order chi connectivity index (χ0) is 22.2. The number of fused-ring (bicyclic) bond motifs is 1. The molecule has 3 aromatic carbocycles. The molecule has 0 bridgehead atoms. The summed E-state index contributed by atoms with van der Waals surface area (Å²) in [6.07, 6.45) is 0. The van der Waals surface area contributed by atoms with Crippen molar-refractivity contribution in [2.75, 3.05) is 7.11 Å². The van der Waals surface area contributed by atoms with E-state index in [1.54, 1.807) is 24.1 Å². The second-order valence-electron chi connectivity index (χ2n) is 7.61. The lowest BCUT2D eigenvalue weighted by atomic mass is 9.96. The first-order chi connectivity index (χ1) is 15.5. The van der Waals surface area contributed by atoms with Gasteiger partial charge in [-0.3, -0.25) is 9.89 Å². The van der Waals surface area contributed by atoms with Crippen molar-refractivity contribution in [1.29, 1.82) is 0 Å². The highest BCUT2D eigenvalue weighted by Crippen LogP contribution is 2.44. The van der Waals surface area contributed by atoms with E-state index < -0.39 is 0 Å². The van der Waals surface area contributed by atoms with E-state index in [2.05, 4.69) is 26.1 Å². The Balaban J connectivity index is 1.62. The molecule has 0 spiro atoms. The molecule has 1 atom stereocenters. The van der Waals surface area contributed by atoms with Crippen LogP contribution in [0.1, 0.15) is 33.2 Å². The van der Waals surface area contributed by atoms with Crippen molar-refractivity contribution in [1.82, 2.24) is 15.1 Å². The van der Waals surface area contributed by atoms with Gasteiger partial charge in [-0.1, -0.05) is 40.2 Å². The highest BCUT2D eigenvalue weighted by atomic mass is 79.9. The quantitative estimate of drug-likeness (QED) is 0.387. The lowest BCUT2D eigenvalue weighted by Crippen LogP contribution is -2.29. The summed E-state index contributed by atoms with van der Waals surface area (Å²) in [5.74, 6) is 0.307. The molecule has 5 nitrogen and oxygen atoms in total. The Morgan fingerprint density at radius 3 is 2.53 bits per heavy atom. The van der Waals surface area contributed by atoms with Crippen molar-refractivity contribution in [3.63, 3.8) is 0 Å². The van der Waals surface area contributed by atoms with Crippen molar-refractivity contribution >= 4 is 21.8 Å². The van der Waals surface area contributed by atoms with Gasteiger partial charge in [0.05, 0.1) is 18.8 Å². The molecule has 7 heteroatoms. The van der Waals surface area contributed by atoms with Crippen molar-refractivity contribution in [3.05, 3.63) is 105 Å². The van der Waals surface area contributed by atoms with E-state index in [4.69, 9.17) is 4.74 Å². The predicted octanol–water partition coefficient (Wildman–Crippen LogP) is 5.73. The number of aromatic nitrogens is 2. The van der Waals surface area contributed by atoms with Crippen molar-refractivity contribution < 1.29 is 13.9 Å². The Labute approximate surface area is 193 Å². The Kier molecular flexibility index (Phi) is 5.27. The number of carbonyl (C=O) groups excluding carboxylic acids is 1. The van der Waals surface area contributed by atoms with Gasteiger partial charge >= 0.3 is 0 Å². The standard InChI is InChI=1S/C25H19BrFN3O2/c1-32-20-11-7-16(8-12-20)22-21-23(29-28-22)25(31)30(14-15-5-9-19(27)10-6-15)24(21)17-3-2-4-18(26)13-17/h2-13,24H,14H2,1H3,(H,28,29). The first kappa shape index (κ1) is 20.5. The van der Waals surface area contributed by atoms with Crippen LogP contribution in [0.25, 0.3) is 11.3 Å². The van der Waals surface area contributed by atoms with Gasteiger partial charge in [0, 0.05) is 22.1 Å². The third-order valence-corrected chi connectivity index (χ3v) is 6.15. The molecule has 4 aromatic rings. The summed E-state index contributed by atoms with van der Waals surface area (Å²) >= 11 is 3.55.